The Balaban J connectivity index is 1.15. The van der Waals surface area contributed by atoms with Crippen molar-refractivity contribution >= 4 is 0 Å². The first kappa shape index (κ1) is 19.6. The van der Waals surface area contributed by atoms with E-state index in [2.05, 4.69) is 24.3 Å². The van der Waals surface area contributed by atoms with E-state index >= 15 is 0 Å². The van der Waals surface area contributed by atoms with Crippen LogP contribution in [0.5, 0.6) is 0 Å². The molecule has 150 valence electrons. The van der Waals surface area contributed by atoms with Gasteiger partial charge in [-0.15, -0.1) is 0 Å². The molecular weight excluding hydrogens is 355 g/mol. The van der Waals surface area contributed by atoms with Crippen LogP contribution in [0.3, 0.4) is 0 Å². The van der Waals surface area contributed by atoms with Crippen LogP contribution < -0.4 is 0 Å². The Labute approximate surface area is 166 Å². The van der Waals surface area contributed by atoms with Crippen LogP contribution in [0, 0.1) is 11.7 Å². The fourth-order valence-corrected chi connectivity index (χ4v) is 3.95. The fraction of sp³-hybridized carbons (Fsp3) is 0.500. The number of epoxide rings is 1. The van der Waals surface area contributed by atoms with Crippen molar-refractivity contribution < 1.29 is 18.6 Å². The highest BCUT2D eigenvalue weighted by Gasteiger charge is 2.24. The van der Waals surface area contributed by atoms with Crippen LogP contribution in [0.4, 0.5) is 4.39 Å². The minimum absolute atomic E-state index is 0.194. The van der Waals surface area contributed by atoms with Crippen molar-refractivity contribution in [2.45, 2.75) is 50.7 Å². The topological polar surface area (TPSA) is 31.0 Å². The van der Waals surface area contributed by atoms with Gasteiger partial charge in [0.25, 0.3) is 0 Å². The Morgan fingerprint density at radius 2 is 1.54 bits per heavy atom. The summed E-state index contributed by atoms with van der Waals surface area (Å²) >= 11 is 0. The smallest absolute Gasteiger partial charge is 0.147 e. The SMILES string of the molecule is Fc1ccc(-c2ccc(CCC3CCC(OCOCC4CO4)CC3)cc2)cc1. The second-order valence-electron chi connectivity index (χ2n) is 8.00. The number of hydrogen-bond donors (Lipinski definition) is 0. The molecule has 2 aliphatic rings. The van der Waals surface area contributed by atoms with E-state index in [1.807, 2.05) is 12.1 Å². The van der Waals surface area contributed by atoms with Crippen LogP contribution in [-0.4, -0.2) is 32.2 Å². The van der Waals surface area contributed by atoms with Gasteiger partial charge in [0.2, 0.25) is 0 Å². The van der Waals surface area contributed by atoms with Crippen molar-refractivity contribution in [3.8, 4) is 11.1 Å². The molecule has 1 aliphatic carbocycles. The molecule has 0 spiro atoms. The van der Waals surface area contributed by atoms with Gasteiger partial charge in [-0.2, -0.15) is 0 Å². The van der Waals surface area contributed by atoms with E-state index in [-0.39, 0.29) is 5.82 Å². The number of rotatable bonds is 9. The first-order chi connectivity index (χ1) is 13.8. The average Bonchev–Trinajstić information content (AvgIpc) is 3.56. The van der Waals surface area contributed by atoms with Crippen LogP contribution >= 0.6 is 0 Å². The quantitative estimate of drug-likeness (QED) is 0.331. The maximum absolute atomic E-state index is 13.1. The first-order valence-corrected chi connectivity index (χ1v) is 10.4. The summed E-state index contributed by atoms with van der Waals surface area (Å²) in [4.78, 5) is 0. The van der Waals surface area contributed by atoms with Crippen LogP contribution in [0.25, 0.3) is 11.1 Å². The normalized spacial score (nSPS) is 24.2. The Kier molecular flexibility index (Phi) is 6.73. The summed E-state index contributed by atoms with van der Waals surface area (Å²) in [6.45, 7) is 1.89. The van der Waals surface area contributed by atoms with Gasteiger partial charge in [0.05, 0.1) is 19.3 Å². The predicted molar refractivity (Wildman–Crippen MR) is 108 cm³/mol. The third-order valence-corrected chi connectivity index (χ3v) is 5.86. The molecule has 2 aromatic carbocycles. The highest BCUT2D eigenvalue weighted by atomic mass is 19.1. The highest BCUT2D eigenvalue weighted by Crippen LogP contribution is 2.30. The largest absolute Gasteiger partial charge is 0.371 e. The van der Waals surface area contributed by atoms with Gasteiger partial charge >= 0.3 is 0 Å². The number of hydrogen-bond acceptors (Lipinski definition) is 3. The van der Waals surface area contributed by atoms with Gasteiger partial charge in [0.15, 0.2) is 0 Å². The number of ether oxygens (including phenoxy) is 3. The Morgan fingerprint density at radius 3 is 2.18 bits per heavy atom. The second kappa shape index (κ2) is 9.64. The minimum atomic E-state index is -0.194. The molecule has 1 heterocycles. The zero-order chi connectivity index (χ0) is 19.2. The van der Waals surface area contributed by atoms with Crippen molar-refractivity contribution in [1.29, 1.82) is 0 Å². The Morgan fingerprint density at radius 1 is 0.893 bits per heavy atom. The van der Waals surface area contributed by atoms with E-state index < -0.39 is 0 Å². The van der Waals surface area contributed by atoms with Crippen molar-refractivity contribution in [3.05, 3.63) is 59.9 Å². The van der Waals surface area contributed by atoms with Crippen LogP contribution in [0.1, 0.15) is 37.7 Å². The summed E-state index contributed by atoms with van der Waals surface area (Å²) in [5.74, 6) is 0.596. The van der Waals surface area contributed by atoms with Crippen molar-refractivity contribution in [3.63, 3.8) is 0 Å². The standard InChI is InChI=1S/C24H29FO3/c25-22-11-9-21(10-12-22)20-7-3-18(4-8-20)1-2-19-5-13-23(14-6-19)28-17-26-15-24-16-27-24/h3-4,7-12,19,23-24H,1-2,5-6,13-17H2. The lowest BCUT2D eigenvalue weighted by Crippen LogP contribution is -2.23. The maximum atomic E-state index is 13.1. The van der Waals surface area contributed by atoms with Crippen LogP contribution in [-0.2, 0) is 20.6 Å². The monoisotopic (exact) mass is 384 g/mol. The third kappa shape index (κ3) is 5.87. The van der Waals surface area contributed by atoms with Gasteiger partial charge in [-0.3, -0.25) is 0 Å². The summed E-state index contributed by atoms with van der Waals surface area (Å²) in [7, 11) is 0. The molecule has 2 fully saturated rings. The van der Waals surface area contributed by atoms with Crippen molar-refractivity contribution in [1.82, 2.24) is 0 Å². The first-order valence-electron chi connectivity index (χ1n) is 10.4. The van der Waals surface area contributed by atoms with Crippen molar-refractivity contribution in [2.75, 3.05) is 20.0 Å². The molecule has 28 heavy (non-hydrogen) atoms. The van der Waals surface area contributed by atoms with E-state index in [0.29, 0.717) is 25.6 Å². The summed E-state index contributed by atoms with van der Waals surface area (Å²) < 4.78 is 29.5. The third-order valence-electron chi connectivity index (χ3n) is 5.86. The predicted octanol–water partition coefficient (Wildman–Crippen LogP) is 5.37. The molecule has 1 aliphatic heterocycles. The van der Waals surface area contributed by atoms with E-state index in [0.717, 1.165) is 42.9 Å². The van der Waals surface area contributed by atoms with Gasteiger partial charge in [-0.1, -0.05) is 36.4 Å². The van der Waals surface area contributed by atoms with Gasteiger partial charge < -0.3 is 14.2 Å². The molecule has 2 aromatic rings. The molecule has 1 saturated heterocycles. The van der Waals surface area contributed by atoms with Crippen molar-refractivity contribution in [2.24, 2.45) is 5.92 Å². The fourth-order valence-electron chi connectivity index (χ4n) is 3.95. The maximum Gasteiger partial charge on any atom is 0.147 e. The average molecular weight is 384 g/mol. The van der Waals surface area contributed by atoms with Gasteiger partial charge in [-0.05, 0) is 73.3 Å². The molecule has 4 rings (SSSR count). The lowest BCUT2D eigenvalue weighted by Gasteiger charge is -2.28. The zero-order valence-electron chi connectivity index (χ0n) is 16.3. The summed E-state index contributed by atoms with van der Waals surface area (Å²) in [5, 5.41) is 0. The van der Waals surface area contributed by atoms with E-state index in [4.69, 9.17) is 14.2 Å². The molecule has 0 bridgehead atoms. The number of benzene rings is 2. The summed E-state index contributed by atoms with van der Waals surface area (Å²) in [6.07, 6.45) is 7.77. The van der Waals surface area contributed by atoms with Crippen LogP contribution in [0.2, 0.25) is 0 Å². The molecule has 0 amide bonds. The molecule has 1 atom stereocenters. The Hall–Kier alpha value is -1.75. The Bertz CT molecular complexity index is 717. The van der Waals surface area contributed by atoms with E-state index in [1.165, 1.54) is 37.0 Å². The van der Waals surface area contributed by atoms with E-state index in [1.54, 1.807) is 0 Å². The lowest BCUT2D eigenvalue weighted by atomic mass is 9.83. The van der Waals surface area contributed by atoms with E-state index in [9.17, 15) is 4.39 Å². The molecular formula is C24H29FO3. The summed E-state index contributed by atoms with van der Waals surface area (Å²) in [6, 6.07) is 15.4. The second-order valence-corrected chi connectivity index (χ2v) is 8.00. The molecule has 0 aromatic heterocycles. The molecule has 4 heteroatoms. The van der Waals surface area contributed by atoms with Gasteiger partial charge in [0, 0.05) is 0 Å². The van der Waals surface area contributed by atoms with Gasteiger partial charge in [-0.25, -0.2) is 4.39 Å². The molecule has 3 nitrogen and oxygen atoms in total. The highest BCUT2D eigenvalue weighted by molar-refractivity contribution is 5.63. The molecule has 0 N–H and O–H groups in total. The minimum Gasteiger partial charge on any atom is -0.371 e. The number of aryl methyl sites for hydroxylation is 1. The molecule has 0 radical (unpaired) electrons. The number of halogens is 1. The molecule has 1 saturated carbocycles. The van der Waals surface area contributed by atoms with Gasteiger partial charge in [0.1, 0.15) is 18.7 Å². The lowest BCUT2D eigenvalue weighted by molar-refractivity contribution is -0.104. The van der Waals surface area contributed by atoms with Crippen LogP contribution in [0.15, 0.2) is 48.5 Å². The summed E-state index contributed by atoms with van der Waals surface area (Å²) in [5.41, 5.74) is 3.57. The zero-order valence-corrected chi connectivity index (χ0v) is 16.3. The molecule has 1 unspecified atom stereocenters.